The Bertz CT molecular complexity index is 1150. The van der Waals surface area contributed by atoms with Crippen molar-refractivity contribution in [1.82, 2.24) is 9.66 Å². The van der Waals surface area contributed by atoms with Gasteiger partial charge >= 0.3 is 0 Å². The number of halogens is 1. The Hall–Kier alpha value is -2.67. The number of fused-ring (bicyclic) bond motifs is 1. The number of hydrogen-bond acceptors (Lipinski definition) is 5. The molecule has 1 fully saturated rings. The standard InChI is InChI=1S/C23H25BrN4O2/c1-3-6-22-26-20-10-8-17(24)13-19(20)23(29)28(22)25-15-16-7-9-18(14-21(16)30-2)27-11-4-5-12-27/h7-10,13-15H,3-6,11-12H2,1-2H3. The van der Waals surface area contributed by atoms with E-state index in [9.17, 15) is 4.79 Å². The first-order chi connectivity index (χ1) is 14.6. The highest BCUT2D eigenvalue weighted by Crippen LogP contribution is 2.27. The molecule has 0 N–H and O–H groups in total. The molecule has 0 radical (unpaired) electrons. The molecule has 0 atom stereocenters. The lowest BCUT2D eigenvalue weighted by Crippen LogP contribution is -2.22. The van der Waals surface area contributed by atoms with Gasteiger partial charge in [-0.05, 0) is 49.6 Å². The maximum atomic E-state index is 13.1. The summed E-state index contributed by atoms with van der Waals surface area (Å²) in [5, 5.41) is 5.06. The summed E-state index contributed by atoms with van der Waals surface area (Å²) < 4.78 is 7.85. The van der Waals surface area contributed by atoms with Gasteiger partial charge in [0.25, 0.3) is 5.56 Å². The second-order valence-corrected chi connectivity index (χ2v) is 8.34. The molecular weight excluding hydrogens is 444 g/mol. The van der Waals surface area contributed by atoms with Gasteiger partial charge in [0.2, 0.25) is 0 Å². The molecule has 0 aliphatic carbocycles. The number of ether oxygens (including phenoxy) is 1. The fourth-order valence-electron chi connectivity index (χ4n) is 3.80. The van der Waals surface area contributed by atoms with Crippen LogP contribution in [0.1, 0.15) is 37.6 Å². The molecule has 2 aromatic carbocycles. The zero-order valence-electron chi connectivity index (χ0n) is 17.3. The SMILES string of the molecule is CCCc1nc2ccc(Br)cc2c(=O)n1N=Cc1ccc(N2CCCC2)cc1OC. The lowest BCUT2D eigenvalue weighted by atomic mass is 10.2. The van der Waals surface area contributed by atoms with Crippen LogP contribution in [0.3, 0.4) is 0 Å². The molecular formula is C23H25BrN4O2. The van der Waals surface area contributed by atoms with Gasteiger partial charge < -0.3 is 9.64 Å². The van der Waals surface area contributed by atoms with Crippen molar-refractivity contribution >= 4 is 38.7 Å². The third-order valence-corrected chi connectivity index (χ3v) is 5.84. The Morgan fingerprint density at radius 2 is 2.00 bits per heavy atom. The number of aryl methyl sites for hydroxylation is 1. The predicted octanol–water partition coefficient (Wildman–Crippen LogP) is 4.60. The van der Waals surface area contributed by atoms with E-state index >= 15 is 0 Å². The predicted molar refractivity (Wildman–Crippen MR) is 125 cm³/mol. The minimum absolute atomic E-state index is 0.173. The number of rotatable bonds is 6. The maximum absolute atomic E-state index is 13.1. The zero-order valence-corrected chi connectivity index (χ0v) is 18.9. The van der Waals surface area contributed by atoms with E-state index in [0.29, 0.717) is 23.1 Å². The Labute approximate surface area is 184 Å². The van der Waals surface area contributed by atoms with Crippen LogP contribution >= 0.6 is 15.9 Å². The molecule has 1 aromatic heterocycles. The number of anilines is 1. The Morgan fingerprint density at radius 3 is 2.73 bits per heavy atom. The highest BCUT2D eigenvalue weighted by Gasteiger charge is 2.14. The summed E-state index contributed by atoms with van der Waals surface area (Å²) in [6.45, 7) is 4.21. The van der Waals surface area contributed by atoms with E-state index in [1.165, 1.54) is 17.5 Å². The lowest BCUT2D eigenvalue weighted by Gasteiger charge is -2.19. The largest absolute Gasteiger partial charge is 0.496 e. The van der Waals surface area contributed by atoms with E-state index < -0.39 is 0 Å². The Balaban J connectivity index is 1.75. The van der Waals surface area contributed by atoms with Crippen LogP contribution in [0.15, 0.2) is 50.8 Å². The number of hydrogen-bond donors (Lipinski definition) is 0. The molecule has 7 heteroatoms. The number of nitrogens with zero attached hydrogens (tertiary/aromatic N) is 4. The minimum Gasteiger partial charge on any atom is -0.496 e. The van der Waals surface area contributed by atoms with Crippen LogP contribution in [0.25, 0.3) is 10.9 Å². The van der Waals surface area contributed by atoms with E-state index in [1.807, 2.05) is 24.3 Å². The molecule has 1 saturated heterocycles. The van der Waals surface area contributed by atoms with Crippen molar-refractivity contribution in [2.45, 2.75) is 32.6 Å². The normalized spacial score (nSPS) is 14.2. The summed E-state index contributed by atoms with van der Waals surface area (Å²) in [7, 11) is 1.66. The van der Waals surface area contributed by atoms with Crippen molar-refractivity contribution in [2.24, 2.45) is 5.10 Å². The molecule has 1 aliphatic heterocycles. The van der Waals surface area contributed by atoms with Crippen LogP contribution in [-0.4, -0.2) is 36.1 Å². The highest BCUT2D eigenvalue weighted by molar-refractivity contribution is 9.10. The third kappa shape index (κ3) is 4.12. The van der Waals surface area contributed by atoms with Gasteiger partial charge in [-0.3, -0.25) is 4.79 Å². The van der Waals surface area contributed by atoms with Crippen LogP contribution in [0.2, 0.25) is 0 Å². The molecule has 30 heavy (non-hydrogen) atoms. The number of aromatic nitrogens is 2. The average Bonchev–Trinajstić information content (AvgIpc) is 3.29. The van der Waals surface area contributed by atoms with Gasteiger partial charge in [-0.1, -0.05) is 22.9 Å². The van der Waals surface area contributed by atoms with E-state index in [2.05, 4.69) is 43.9 Å². The highest BCUT2D eigenvalue weighted by atomic mass is 79.9. The van der Waals surface area contributed by atoms with E-state index in [4.69, 9.17) is 4.74 Å². The maximum Gasteiger partial charge on any atom is 0.282 e. The second kappa shape index (κ2) is 9.00. The molecule has 6 nitrogen and oxygen atoms in total. The van der Waals surface area contributed by atoms with Gasteiger partial charge in [0.1, 0.15) is 11.6 Å². The first-order valence-electron chi connectivity index (χ1n) is 10.3. The topological polar surface area (TPSA) is 59.7 Å². The molecule has 2 heterocycles. The molecule has 0 unspecified atom stereocenters. The smallest absolute Gasteiger partial charge is 0.282 e. The van der Waals surface area contributed by atoms with Crippen LogP contribution < -0.4 is 15.2 Å². The van der Waals surface area contributed by atoms with E-state index in [1.54, 1.807) is 19.4 Å². The lowest BCUT2D eigenvalue weighted by molar-refractivity contribution is 0.414. The van der Waals surface area contributed by atoms with Crippen LogP contribution in [-0.2, 0) is 6.42 Å². The quantitative estimate of drug-likeness (QED) is 0.495. The van der Waals surface area contributed by atoms with Crippen molar-refractivity contribution in [3.05, 3.63) is 62.6 Å². The van der Waals surface area contributed by atoms with Crippen LogP contribution in [0.5, 0.6) is 5.75 Å². The molecule has 0 spiro atoms. The van der Waals surface area contributed by atoms with Gasteiger partial charge in [-0.25, -0.2) is 4.98 Å². The molecule has 3 aromatic rings. The first-order valence-corrected chi connectivity index (χ1v) is 11.1. The minimum atomic E-state index is -0.173. The molecule has 0 saturated carbocycles. The molecule has 0 amide bonds. The van der Waals surface area contributed by atoms with Gasteiger partial charge in [0.15, 0.2) is 0 Å². The van der Waals surface area contributed by atoms with Crippen molar-refractivity contribution < 1.29 is 4.74 Å². The number of benzene rings is 2. The number of methoxy groups -OCH3 is 1. The van der Waals surface area contributed by atoms with Crippen molar-refractivity contribution in [3.63, 3.8) is 0 Å². The average molecular weight is 469 g/mol. The molecule has 156 valence electrons. The first kappa shape index (κ1) is 20.6. The van der Waals surface area contributed by atoms with Gasteiger partial charge in [-0.2, -0.15) is 9.78 Å². The van der Waals surface area contributed by atoms with Crippen LogP contribution in [0, 0.1) is 0 Å². The van der Waals surface area contributed by atoms with Crippen molar-refractivity contribution in [3.8, 4) is 5.75 Å². The molecule has 1 aliphatic rings. The summed E-state index contributed by atoms with van der Waals surface area (Å²) in [4.78, 5) is 20.2. The van der Waals surface area contributed by atoms with Crippen molar-refractivity contribution in [1.29, 1.82) is 0 Å². The summed E-state index contributed by atoms with van der Waals surface area (Å²) >= 11 is 3.43. The summed E-state index contributed by atoms with van der Waals surface area (Å²) in [6.07, 6.45) is 5.67. The third-order valence-electron chi connectivity index (χ3n) is 5.35. The van der Waals surface area contributed by atoms with Gasteiger partial charge in [0, 0.05) is 41.3 Å². The Morgan fingerprint density at radius 1 is 1.20 bits per heavy atom. The summed E-state index contributed by atoms with van der Waals surface area (Å²) in [6, 6.07) is 11.7. The van der Waals surface area contributed by atoms with Gasteiger partial charge in [-0.15, -0.1) is 0 Å². The monoisotopic (exact) mass is 468 g/mol. The van der Waals surface area contributed by atoms with Crippen molar-refractivity contribution in [2.75, 3.05) is 25.1 Å². The fraction of sp³-hybridized carbons (Fsp3) is 0.348. The van der Waals surface area contributed by atoms with Gasteiger partial charge in [0.05, 0.1) is 24.2 Å². The van der Waals surface area contributed by atoms with E-state index in [-0.39, 0.29) is 5.56 Å². The second-order valence-electron chi connectivity index (χ2n) is 7.42. The van der Waals surface area contributed by atoms with E-state index in [0.717, 1.165) is 41.0 Å². The molecule has 4 rings (SSSR count). The van der Waals surface area contributed by atoms with Crippen LogP contribution in [0.4, 0.5) is 5.69 Å². The molecule has 0 bridgehead atoms. The summed E-state index contributed by atoms with van der Waals surface area (Å²) in [5.74, 6) is 1.39. The Kier molecular flexibility index (Phi) is 6.18. The zero-order chi connectivity index (χ0) is 21.1. The summed E-state index contributed by atoms with van der Waals surface area (Å²) in [5.41, 5.74) is 2.49. The fourth-order valence-corrected chi connectivity index (χ4v) is 4.16.